The summed E-state index contributed by atoms with van der Waals surface area (Å²) < 4.78 is 0. The van der Waals surface area contributed by atoms with Gasteiger partial charge >= 0.3 is 6.03 Å². The SMILES string of the molecule is CC(=O)CCNC(=O)Nc1nc2c(s1)CN(C)CC2. The van der Waals surface area contributed by atoms with Crippen molar-refractivity contribution >= 4 is 28.3 Å². The maximum atomic E-state index is 11.6. The molecule has 0 unspecified atom stereocenters. The van der Waals surface area contributed by atoms with E-state index in [2.05, 4.69) is 27.6 Å². The molecule has 0 bridgehead atoms. The van der Waals surface area contributed by atoms with E-state index in [0.29, 0.717) is 18.1 Å². The second kappa shape index (κ2) is 6.12. The lowest BCUT2D eigenvalue weighted by molar-refractivity contribution is -0.116. The third kappa shape index (κ3) is 4.00. The van der Waals surface area contributed by atoms with Gasteiger partial charge in [0.25, 0.3) is 0 Å². The second-order valence-corrected chi connectivity index (χ2v) is 5.79. The van der Waals surface area contributed by atoms with E-state index in [1.54, 1.807) is 0 Å². The monoisotopic (exact) mass is 282 g/mol. The molecule has 0 aromatic carbocycles. The number of hydrogen-bond donors (Lipinski definition) is 2. The van der Waals surface area contributed by atoms with Crippen molar-refractivity contribution in [1.29, 1.82) is 0 Å². The van der Waals surface area contributed by atoms with Gasteiger partial charge in [-0.25, -0.2) is 9.78 Å². The van der Waals surface area contributed by atoms with Crippen LogP contribution in [0.3, 0.4) is 0 Å². The highest BCUT2D eigenvalue weighted by Gasteiger charge is 2.18. The molecule has 0 radical (unpaired) electrons. The highest BCUT2D eigenvalue weighted by molar-refractivity contribution is 7.15. The first-order valence-electron chi connectivity index (χ1n) is 6.26. The number of Topliss-reactive ketones (excluding diaryl/α,β-unsaturated/α-hetero) is 1. The van der Waals surface area contributed by atoms with Gasteiger partial charge in [-0.3, -0.25) is 10.1 Å². The fraction of sp³-hybridized carbons (Fsp3) is 0.583. The largest absolute Gasteiger partial charge is 0.337 e. The number of ketones is 1. The molecule has 0 atom stereocenters. The van der Waals surface area contributed by atoms with E-state index in [1.807, 2.05) is 0 Å². The Hall–Kier alpha value is -1.47. The van der Waals surface area contributed by atoms with Crippen molar-refractivity contribution in [2.45, 2.75) is 26.3 Å². The summed E-state index contributed by atoms with van der Waals surface area (Å²) in [5.74, 6) is 0.0630. The topological polar surface area (TPSA) is 74.3 Å². The number of thiazole rings is 1. The number of likely N-dealkylation sites (N-methyl/N-ethyl adjacent to an activating group) is 1. The Morgan fingerprint density at radius 1 is 1.47 bits per heavy atom. The van der Waals surface area contributed by atoms with Gasteiger partial charge in [-0.2, -0.15) is 0 Å². The van der Waals surface area contributed by atoms with Crippen LogP contribution in [0.5, 0.6) is 0 Å². The molecule has 6 nitrogen and oxygen atoms in total. The minimum atomic E-state index is -0.305. The number of aromatic nitrogens is 1. The molecule has 7 heteroatoms. The zero-order chi connectivity index (χ0) is 13.8. The van der Waals surface area contributed by atoms with Gasteiger partial charge in [0.2, 0.25) is 0 Å². The maximum Gasteiger partial charge on any atom is 0.321 e. The average Bonchev–Trinajstić information content (AvgIpc) is 2.69. The predicted molar refractivity (Wildman–Crippen MR) is 74.5 cm³/mol. The lowest BCUT2D eigenvalue weighted by Gasteiger charge is -2.20. The van der Waals surface area contributed by atoms with E-state index in [-0.39, 0.29) is 11.8 Å². The van der Waals surface area contributed by atoms with E-state index in [4.69, 9.17) is 0 Å². The van der Waals surface area contributed by atoms with Crippen molar-refractivity contribution in [2.75, 3.05) is 25.5 Å². The number of nitrogens with one attached hydrogen (secondary N) is 2. The highest BCUT2D eigenvalue weighted by Crippen LogP contribution is 2.27. The summed E-state index contributed by atoms with van der Waals surface area (Å²) in [6.07, 6.45) is 1.28. The number of fused-ring (bicyclic) bond motifs is 1. The quantitative estimate of drug-likeness (QED) is 0.871. The minimum Gasteiger partial charge on any atom is -0.337 e. The number of urea groups is 1. The zero-order valence-electron chi connectivity index (χ0n) is 11.2. The Kier molecular flexibility index (Phi) is 4.49. The van der Waals surface area contributed by atoms with Crippen LogP contribution in [-0.2, 0) is 17.8 Å². The summed E-state index contributed by atoms with van der Waals surface area (Å²) in [6.45, 7) is 3.75. The standard InChI is InChI=1S/C12H18N4O2S/c1-8(17)3-5-13-11(18)15-12-14-9-4-6-16(2)7-10(9)19-12/h3-7H2,1-2H3,(H2,13,14,15,18). The van der Waals surface area contributed by atoms with E-state index in [0.717, 1.165) is 25.2 Å². The van der Waals surface area contributed by atoms with E-state index in [9.17, 15) is 9.59 Å². The fourth-order valence-electron chi connectivity index (χ4n) is 1.87. The smallest absolute Gasteiger partial charge is 0.321 e. The van der Waals surface area contributed by atoms with Gasteiger partial charge in [0.15, 0.2) is 5.13 Å². The van der Waals surface area contributed by atoms with Gasteiger partial charge in [0.1, 0.15) is 5.78 Å². The molecular weight excluding hydrogens is 264 g/mol. The molecular formula is C12H18N4O2S. The van der Waals surface area contributed by atoms with Crippen molar-refractivity contribution in [3.05, 3.63) is 10.6 Å². The zero-order valence-corrected chi connectivity index (χ0v) is 12.0. The Morgan fingerprint density at radius 3 is 3.00 bits per heavy atom. The molecule has 1 aliphatic rings. The van der Waals surface area contributed by atoms with Gasteiger partial charge in [-0.15, -0.1) is 11.3 Å². The first-order chi connectivity index (χ1) is 9.04. The third-order valence-electron chi connectivity index (χ3n) is 2.91. The summed E-state index contributed by atoms with van der Waals surface area (Å²) in [4.78, 5) is 30.2. The number of nitrogens with zero attached hydrogens (tertiary/aromatic N) is 2. The second-order valence-electron chi connectivity index (χ2n) is 4.71. The molecule has 104 valence electrons. The normalized spacial score (nSPS) is 14.8. The summed E-state index contributed by atoms with van der Waals surface area (Å²) in [5, 5.41) is 5.98. The highest BCUT2D eigenvalue weighted by atomic mass is 32.1. The Bertz CT molecular complexity index is 486. The number of carbonyl (C=O) groups excluding carboxylic acids is 2. The van der Waals surface area contributed by atoms with Gasteiger partial charge in [-0.1, -0.05) is 0 Å². The Balaban J connectivity index is 1.86. The molecule has 0 spiro atoms. The average molecular weight is 282 g/mol. The van der Waals surface area contributed by atoms with Crippen LogP contribution in [0, 0.1) is 0 Å². The van der Waals surface area contributed by atoms with Crippen LogP contribution in [-0.4, -0.2) is 41.8 Å². The third-order valence-corrected chi connectivity index (χ3v) is 3.90. The summed E-state index contributed by atoms with van der Waals surface area (Å²) in [7, 11) is 2.07. The first-order valence-corrected chi connectivity index (χ1v) is 7.07. The predicted octanol–water partition coefficient (Wildman–Crippen LogP) is 1.23. The lowest BCUT2D eigenvalue weighted by Crippen LogP contribution is -2.30. The molecule has 2 rings (SSSR count). The minimum absolute atomic E-state index is 0.0630. The molecule has 2 amide bonds. The Morgan fingerprint density at radius 2 is 2.26 bits per heavy atom. The molecule has 0 saturated heterocycles. The number of carbonyl (C=O) groups is 2. The van der Waals surface area contributed by atoms with Gasteiger partial charge in [0.05, 0.1) is 5.69 Å². The fourth-order valence-corrected chi connectivity index (χ4v) is 2.95. The van der Waals surface area contributed by atoms with E-state index >= 15 is 0 Å². The number of hydrogen-bond acceptors (Lipinski definition) is 5. The van der Waals surface area contributed by atoms with Gasteiger partial charge < -0.3 is 10.2 Å². The van der Waals surface area contributed by atoms with Crippen molar-refractivity contribution in [2.24, 2.45) is 0 Å². The number of rotatable bonds is 4. The molecule has 2 heterocycles. The van der Waals surface area contributed by atoms with Crippen LogP contribution in [0.2, 0.25) is 0 Å². The van der Waals surface area contributed by atoms with Crippen LogP contribution in [0.4, 0.5) is 9.93 Å². The van der Waals surface area contributed by atoms with Crippen molar-refractivity contribution < 1.29 is 9.59 Å². The number of anilines is 1. The van der Waals surface area contributed by atoms with E-state index < -0.39 is 0 Å². The molecule has 19 heavy (non-hydrogen) atoms. The van der Waals surface area contributed by atoms with Crippen LogP contribution >= 0.6 is 11.3 Å². The maximum absolute atomic E-state index is 11.6. The molecule has 2 N–H and O–H groups in total. The molecule has 0 aliphatic carbocycles. The summed E-state index contributed by atoms with van der Waals surface area (Å²) >= 11 is 1.52. The van der Waals surface area contributed by atoms with Crippen LogP contribution < -0.4 is 10.6 Å². The molecule has 0 saturated carbocycles. The summed E-state index contributed by atoms with van der Waals surface area (Å²) in [5.41, 5.74) is 1.09. The lowest BCUT2D eigenvalue weighted by atomic mass is 10.2. The molecule has 0 fully saturated rings. The van der Waals surface area contributed by atoms with Crippen molar-refractivity contribution in [3.8, 4) is 0 Å². The first kappa shape index (κ1) is 14.0. The van der Waals surface area contributed by atoms with Crippen molar-refractivity contribution in [1.82, 2.24) is 15.2 Å². The Labute approximate surface area is 116 Å². The van der Waals surface area contributed by atoms with Crippen molar-refractivity contribution in [3.63, 3.8) is 0 Å². The molecule has 1 aromatic heterocycles. The number of amides is 2. The van der Waals surface area contributed by atoms with Crippen LogP contribution in [0.1, 0.15) is 23.9 Å². The molecule has 1 aliphatic heterocycles. The van der Waals surface area contributed by atoms with Gasteiger partial charge in [-0.05, 0) is 14.0 Å². The van der Waals surface area contributed by atoms with Crippen LogP contribution in [0.25, 0.3) is 0 Å². The van der Waals surface area contributed by atoms with E-state index in [1.165, 1.54) is 23.1 Å². The van der Waals surface area contributed by atoms with Crippen LogP contribution in [0.15, 0.2) is 0 Å². The molecule has 1 aromatic rings. The summed E-state index contributed by atoms with van der Waals surface area (Å²) in [6, 6.07) is -0.305. The van der Waals surface area contributed by atoms with Gasteiger partial charge in [0, 0.05) is 37.4 Å².